The molecule has 0 radical (unpaired) electrons. The lowest BCUT2D eigenvalue weighted by atomic mass is 9.96. The van der Waals surface area contributed by atoms with Crippen LogP contribution < -0.4 is 0 Å². The topological polar surface area (TPSA) is 57.5 Å². The van der Waals surface area contributed by atoms with Gasteiger partial charge in [0.05, 0.1) is 6.61 Å². The minimum Gasteiger partial charge on any atom is -0.481 e. The van der Waals surface area contributed by atoms with Crippen LogP contribution in [0.25, 0.3) is 0 Å². The molecule has 0 bridgehead atoms. The van der Waals surface area contributed by atoms with Gasteiger partial charge in [-0.15, -0.1) is 0 Å². The van der Waals surface area contributed by atoms with Crippen molar-refractivity contribution in [2.45, 2.75) is 33.1 Å². The lowest BCUT2D eigenvalue weighted by Gasteiger charge is -2.10. The Hall–Kier alpha value is -1.61. The number of hydrogen-bond donors (Lipinski definition) is 2. The molecule has 3 heteroatoms. The van der Waals surface area contributed by atoms with E-state index >= 15 is 0 Å². The number of aliphatic hydroxyl groups is 1. The van der Waals surface area contributed by atoms with Crippen molar-refractivity contribution in [1.82, 2.24) is 0 Å². The van der Waals surface area contributed by atoms with E-state index < -0.39 is 5.97 Å². The Morgan fingerprint density at radius 2 is 1.72 bits per heavy atom. The molecule has 2 N–H and O–H groups in total. The van der Waals surface area contributed by atoms with E-state index in [1.54, 1.807) is 0 Å². The molecule has 0 aliphatic carbocycles. The van der Waals surface area contributed by atoms with E-state index in [4.69, 9.17) is 10.2 Å². The highest BCUT2D eigenvalue weighted by atomic mass is 16.4. The maximum Gasteiger partial charge on any atom is 0.303 e. The van der Waals surface area contributed by atoms with E-state index in [2.05, 4.69) is 0 Å². The molecule has 0 aromatic heterocycles. The highest BCUT2D eigenvalue weighted by Crippen LogP contribution is 2.17. The first kappa shape index (κ1) is 14.5. The Morgan fingerprint density at radius 1 is 1.11 bits per heavy atom. The van der Waals surface area contributed by atoms with Gasteiger partial charge in [-0.25, -0.2) is 0 Å². The Morgan fingerprint density at radius 3 is 2.28 bits per heavy atom. The lowest BCUT2D eigenvalue weighted by Crippen LogP contribution is -2.02. The lowest BCUT2D eigenvalue weighted by molar-refractivity contribution is -0.136. The molecule has 1 rings (SSSR count). The second kappa shape index (κ2) is 6.97. The standard InChI is InChI=1S/C15H20O3/c1-11(12(2)10-16)9-14-6-4-3-5-13(14)7-8-15(17)18/h3-6,16H,7-10H2,1-2H3,(H,17,18)/b12-11-. The van der Waals surface area contributed by atoms with Crippen LogP contribution in [0.3, 0.4) is 0 Å². The van der Waals surface area contributed by atoms with Gasteiger partial charge in [-0.2, -0.15) is 0 Å². The summed E-state index contributed by atoms with van der Waals surface area (Å²) >= 11 is 0. The van der Waals surface area contributed by atoms with Gasteiger partial charge in [-0.05, 0) is 43.4 Å². The van der Waals surface area contributed by atoms with Gasteiger partial charge in [0.15, 0.2) is 0 Å². The SMILES string of the molecule is C/C(CO)=C(\C)Cc1ccccc1CCC(=O)O. The van der Waals surface area contributed by atoms with Crippen LogP contribution in [0.2, 0.25) is 0 Å². The number of carboxylic acid groups (broad SMARTS) is 1. The van der Waals surface area contributed by atoms with Crippen molar-refractivity contribution in [1.29, 1.82) is 0 Å². The maximum absolute atomic E-state index is 10.6. The van der Waals surface area contributed by atoms with Crippen molar-refractivity contribution in [3.8, 4) is 0 Å². The first-order valence-electron chi connectivity index (χ1n) is 6.09. The van der Waals surface area contributed by atoms with Crippen LogP contribution in [0.1, 0.15) is 31.4 Å². The maximum atomic E-state index is 10.6. The molecule has 0 amide bonds. The summed E-state index contributed by atoms with van der Waals surface area (Å²) in [5.74, 6) is -0.774. The summed E-state index contributed by atoms with van der Waals surface area (Å²) in [7, 11) is 0. The summed E-state index contributed by atoms with van der Waals surface area (Å²) in [4.78, 5) is 10.6. The Kier molecular flexibility index (Phi) is 5.59. The quantitative estimate of drug-likeness (QED) is 0.761. The van der Waals surface area contributed by atoms with Gasteiger partial charge in [0.2, 0.25) is 0 Å². The molecule has 0 spiro atoms. The number of benzene rings is 1. The van der Waals surface area contributed by atoms with Crippen LogP contribution in [0.5, 0.6) is 0 Å². The zero-order chi connectivity index (χ0) is 13.5. The summed E-state index contributed by atoms with van der Waals surface area (Å²) in [6, 6.07) is 7.88. The molecular weight excluding hydrogens is 228 g/mol. The number of carboxylic acids is 1. The Balaban J connectivity index is 2.85. The second-order valence-corrected chi connectivity index (χ2v) is 4.56. The molecule has 0 saturated carbocycles. The fraction of sp³-hybridized carbons (Fsp3) is 0.400. The Labute approximate surface area is 108 Å². The van der Waals surface area contributed by atoms with Gasteiger partial charge in [0, 0.05) is 6.42 Å². The van der Waals surface area contributed by atoms with Crippen molar-refractivity contribution in [3.05, 3.63) is 46.5 Å². The third-order valence-electron chi connectivity index (χ3n) is 3.15. The highest BCUT2D eigenvalue weighted by molar-refractivity contribution is 5.67. The first-order chi connectivity index (χ1) is 8.54. The largest absolute Gasteiger partial charge is 0.481 e. The molecule has 18 heavy (non-hydrogen) atoms. The predicted octanol–water partition coefficient (Wildman–Crippen LogP) is 2.58. The molecular formula is C15H20O3. The van der Waals surface area contributed by atoms with E-state index in [0.717, 1.165) is 28.7 Å². The molecule has 1 aromatic rings. The van der Waals surface area contributed by atoms with Gasteiger partial charge < -0.3 is 10.2 Å². The molecule has 0 fully saturated rings. The number of aliphatic carboxylic acids is 1. The molecule has 1 aromatic carbocycles. The third kappa shape index (κ3) is 4.34. The minimum atomic E-state index is -0.774. The Bertz CT molecular complexity index is 447. The number of hydrogen-bond acceptors (Lipinski definition) is 2. The van der Waals surface area contributed by atoms with Crippen molar-refractivity contribution >= 4 is 5.97 Å². The van der Waals surface area contributed by atoms with Gasteiger partial charge in [0.1, 0.15) is 0 Å². The van der Waals surface area contributed by atoms with E-state index in [-0.39, 0.29) is 13.0 Å². The summed E-state index contributed by atoms with van der Waals surface area (Å²) in [6.45, 7) is 3.98. The summed E-state index contributed by atoms with van der Waals surface area (Å²) < 4.78 is 0. The predicted molar refractivity (Wildman–Crippen MR) is 71.6 cm³/mol. The number of aliphatic hydroxyl groups excluding tert-OH is 1. The number of rotatable bonds is 6. The van der Waals surface area contributed by atoms with Crippen molar-refractivity contribution < 1.29 is 15.0 Å². The van der Waals surface area contributed by atoms with Crippen LogP contribution in [-0.2, 0) is 17.6 Å². The van der Waals surface area contributed by atoms with Crippen LogP contribution in [0.4, 0.5) is 0 Å². The van der Waals surface area contributed by atoms with Gasteiger partial charge >= 0.3 is 5.97 Å². The average molecular weight is 248 g/mol. The average Bonchev–Trinajstić information content (AvgIpc) is 2.36. The normalized spacial score (nSPS) is 12.2. The third-order valence-corrected chi connectivity index (χ3v) is 3.15. The summed E-state index contributed by atoms with van der Waals surface area (Å²) in [6.07, 6.45) is 1.47. The van der Waals surface area contributed by atoms with Crippen molar-refractivity contribution in [2.24, 2.45) is 0 Å². The van der Waals surface area contributed by atoms with E-state index in [1.807, 2.05) is 38.1 Å². The van der Waals surface area contributed by atoms with Crippen LogP contribution >= 0.6 is 0 Å². The summed E-state index contributed by atoms with van der Waals surface area (Å²) in [5.41, 5.74) is 4.33. The summed E-state index contributed by atoms with van der Waals surface area (Å²) in [5, 5.41) is 17.8. The zero-order valence-electron chi connectivity index (χ0n) is 10.9. The fourth-order valence-electron chi connectivity index (χ4n) is 1.79. The number of carbonyl (C=O) groups is 1. The molecule has 0 heterocycles. The molecule has 0 atom stereocenters. The number of aryl methyl sites for hydroxylation is 1. The molecule has 0 unspecified atom stereocenters. The monoisotopic (exact) mass is 248 g/mol. The fourth-order valence-corrected chi connectivity index (χ4v) is 1.79. The van der Waals surface area contributed by atoms with Gasteiger partial charge in [-0.1, -0.05) is 29.8 Å². The van der Waals surface area contributed by atoms with Gasteiger partial charge in [-0.3, -0.25) is 4.79 Å². The zero-order valence-corrected chi connectivity index (χ0v) is 10.9. The molecule has 3 nitrogen and oxygen atoms in total. The molecule has 98 valence electrons. The van der Waals surface area contributed by atoms with Crippen LogP contribution in [0.15, 0.2) is 35.4 Å². The van der Waals surface area contributed by atoms with Gasteiger partial charge in [0.25, 0.3) is 0 Å². The number of allylic oxidation sites excluding steroid dienone is 1. The highest BCUT2D eigenvalue weighted by Gasteiger charge is 2.06. The second-order valence-electron chi connectivity index (χ2n) is 4.56. The van der Waals surface area contributed by atoms with Crippen LogP contribution in [-0.4, -0.2) is 22.8 Å². The molecule has 0 aliphatic heterocycles. The molecule has 0 saturated heterocycles. The van der Waals surface area contributed by atoms with E-state index in [0.29, 0.717) is 6.42 Å². The van der Waals surface area contributed by atoms with Crippen LogP contribution in [0, 0.1) is 0 Å². The van der Waals surface area contributed by atoms with Crippen molar-refractivity contribution in [2.75, 3.05) is 6.61 Å². The van der Waals surface area contributed by atoms with Crippen molar-refractivity contribution in [3.63, 3.8) is 0 Å². The first-order valence-corrected chi connectivity index (χ1v) is 6.09. The smallest absolute Gasteiger partial charge is 0.303 e. The minimum absolute atomic E-state index is 0.0725. The molecule has 0 aliphatic rings. The van der Waals surface area contributed by atoms with E-state index in [1.165, 1.54) is 0 Å². The van der Waals surface area contributed by atoms with E-state index in [9.17, 15) is 4.79 Å².